The number of carbonyl (C=O) groups is 1. The van der Waals surface area contributed by atoms with Crippen LogP contribution in [0.3, 0.4) is 0 Å². The van der Waals surface area contributed by atoms with E-state index >= 15 is 0 Å². The quantitative estimate of drug-likeness (QED) is 0.833. The maximum atomic E-state index is 12.7. The van der Waals surface area contributed by atoms with Crippen LogP contribution in [0.25, 0.3) is 0 Å². The normalized spacial score (nSPS) is 29.5. The molecule has 2 fully saturated rings. The van der Waals surface area contributed by atoms with Crippen LogP contribution in [0.2, 0.25) is 0 Å². The standard InChI is InChI=1S/C23H36N4O2/c1-15-13-27(14-16(2)29-15)22-24-12-18-19(10-23(3,4)11-20(18)26-22)25-21(28)9-17-7-5-6-8-17/h12,15-17,19H,5-11,13-14H2,1-4H3,(H,25,28)/t15-,16+,19-/m1/s1. The molecule has 6 heteroatoms. The zero-order valence-electron chi connectivity index (χ0n) is 18.4. The van der Waals surface area contributed by atoms with E-state index in [1.54, 1.807) is 0 Å². The van der Waals surface area contributed by atoms with Gasteiger partial charge in [-0.25, -0.2) is 9.97 Å². The molecule has 0 bridgehead atoms. The van der Waals surface area contributed by atoms with Crippen molar-refractivity contribution in [2.45, 2.75) is 90.9 Å². The Morgan fingerprint density at radius 3 is 2.62 bits per heavy atom. The van der Waals surface area contributed by atoms with Gasteiger partial charge in [0.15, 0.2) is 0 Å². The number of ether oxygens (including phenoxy) is 1. The van der Waals surface area contributed by atoms with Gasteiger partial charge >= 0.3 is 0 Å². The van der Waals surface area contributed by atoms with Gasteiger partial charge < -0.3 is 15.0 Å². The minimum absolute atomic E-state index is 0.0132. The number of nitrogens with one attached hydrogen (secondary N) is 1. The summed E-state index contributed by atoms with van der Waals surface area (Å²) in [5.74, 6) is 1.54. The number of aromatic nitrogens is 2. The van der Waals surface area contributed by atoms with Crippen molar-refractivity contribution in [3.05, 3.63) is 17.5 Å². The van der Waals surface area contributed by atoms with E-state index in [1.807, 2.05) is 6.20 Å². The fraction of sp³-hybridized carbons (Fsp3) is 0.783. The van der Waals surface area contributed by atoms with Gasteiger partial charge in [-0.1, -0.05) is 26.7 Å². The van der Waals surface area contributed by atoms with Gasteiger partial charge in [-0.15, -0.1) is 0 Å². The molecule has 1 aliphatic heterocycles. The highest BCUT2D eigenvalue weighted by atomic mass is 16.5. The van der Waals surface area contributed by atoms with Crippen LogP contribution in [0.1, 0.15) is 83.5 Å². The van der Waals surface area contributed by atoms with Gasteiger partial charge in [0.05, 0.1) is 23.9 Å². The van der Waals surface area contributed by atoms with Crippen molar-refractivity contribution in [1.82, 2.24) is 15.3 Å². The summed E-state index contributed by atoms with van der Waals surface area (Å²) >= 11 is 0. The molecule has 1 amide bonds. The zero-order chi connectivity index (χ0) is 20.6. The van der Waals surface area contributed by atoms with Crippen LogP contribution in [-0.2, 0) is 16.0 Å². The Kier molecular flexibility index (Phi) is 5.83. The minimum atomic E-state index is 0.0132. The Morgan fingerprint density at radius 1 is 1.24 bits per heavy atom. The molecule has 2 aliphatic carbocycles. The lowest BCUT2D eigenvalue weighted by atomic mass is 9.74. The van der Waals surface area contributed by atoms with E-state index in [-0.39, 0.29) is 29.6 Å². The van der Waals surface area contributed by atoms with E-state index < -0.39 is 0 Å². The second-order valence-electron chi connectivity index (χ2n) is 10.3. The lowest BCUT2D eigenvalue weighted by Crippen LogP contribution is -2.46. The summed E-state index contributed by atoms with van der Waals surface area (Å²) < 4.78 is 5.85. The molecule has 0 unspecified atom stereocenters. The number of hydrogen-bond donors (Lipinski definition) is 1. The summed E-state index contributed by atoms with van der Waals surface area (Å²) in [5.41, 5.74) is 2.29. The summed E-state index contributed by atoms with van der Waals surface area (Å²) in [7, 11) is 0. The van der Waals surface area contributed by atoms with E-state index in [2.05, 4.69) is 37.9 Å². The molecular formula is C23H36N4O2. The highest BCUT2D eigenvalue weighted by Crippen LogP contribution is 2.40. The van der Waals surface area contributed by atoms with E-state index in [4.69, 9.17) is 14.7 Å². The van der Waals surface area contributed by atoms with Crippen LogP contribution in [0.4, 0.5) is 5.95 Å². The van der Waals surface area contributed by atoms with Gasteiger partial charge in [0, 0.05) is 31.3 Å². The Hall–Kier alpha value is -1.69. The number of hydrogen-bond acceptors (Lipinski definition) is 5. The lowest BCUT2D eigenvalue weighted by Gasteiger charge is -2.38. The highest BCUT2D eigenvalue weighted by molar-refractivity contribution is 5.76. The molecular weight excluding hydrogens is 364 g/mol. The van der Waals surface area contributed by atoms with Crippen molar-refractivity contribution in [2.24, 2.45) is 11.3 Å². The fourth-order valence-corrected chi connectivity index (χ4v) is 5.39. The Morgan fingerprint density at radius 2 is 1.93 bits per heavy atom. The lowest BCUT2D eigenvalue weighted by molar-refractivity contribution is -0.123. The Balaban J connectivity index is 1.51. The van der Waals surface area contributed by atoms with Crippen molar-refractivity contribution < 1.29 is 9.53 Å². The maximum absolute atomic E-state index is 12.7. The first-order valence-electron chi connectivity index (χ1n) is 11.3. The molecule has 29 heavy (non-hydrogen) atoms. The molecule has 160 valence electrons. The molecule has 1 saturated carbocycles. The van der Waals surface area contributed by atoms with E-state index in [9.17, 15) is 4.79 Å². The maximum Gasteiger partial charge on any atom is 0.225 e. The second-order valence-corrected chi connectivity index (χ2v) is 10.3. The molecule has 4 rings (SSSR count). The molecule has 0 aromatic carbocycles. The molecule has 3 atom stereocenters. The van der Waals surface area contributed by atoms with E-state index in [0.717, 1.165) is 43.1 Å². The summed E-state index contributed by atoms with van der Waals surface area (Å²) in [6.45, 7) is 10.4. The van der Waals surface area contributed by atoms with Crippen molar-refractivity contribution in [3.8, 4) is 0 Å². The Bertz CT molecular complexity index is 734. The van der Waals surface area contributed by atoms with Crippen LogP contribution >= 0.6 is 0 Å². The summed E-state index contributed by atoms with van der Waals surface area (Å²) in [4.78, 5) is 24.6. The third-order valence-corrected chi connectivity index (χ3v) is 6.65. The van der Waals surface area contributed by atoms with Gasteiger partial charge in [-0.2, -0.15) is 0 Å². The number of amides is 1. The van der Waals surface area contributed by atoms with E-state index in [1.165, 1.54) is 25.7 Å². The molecule has 1 aromatic rings. The van der Waals surface area contributed by atoms with Gasteiger partial charge in [0.1, 0.15) is 0 Å². The largest absolute Gasteiger partial charge is 0.372 e. The van der Waals surface area contributed by atoms with Crippen LogP contribution in [0.15, 0.2) is 6.20 Å². The number of nitrogens with zero attached hydrogens (tertiary/aromatic N) is 3. The summed E-state index contributed by atoms with van der Waals surface area (Å²) in [6.07, 6.45) is 9.76. The van der Waals surface area contributed by atoms with Crippen LogP contribution in [-0.4, -0.2) is 41.2 Å². The fourth-order valence-electron chi connectivity index (χ4n) is 5.39. The van der Waals surface area contributed by atoms with E-state index in [0.29, 0.717) is 12.3 Å². The van der Waals surface area contributed by atoms with Gasteiger partial charge in [-0.05, 0) is 50.9 Å². The summed E-state index contributed by atoms with van der Waals surface area (Å²) in [6, 6.07) is 0.0132. The smallest absolute Gasteiger partial charge is 0.225 e. The van der Waals surface area contributed by atoms with Crippen molar-refractivity contribution in [2.75, 3.05) is 18.0 Å². The molecule has 1 aromatic heterocycles. The predicted molar refractivity (Wildman–Crippen MR) is 114 cm³/mol. The van der Waals surface area contributed by atoms with Crippen LogP contribution in [0.5, 0.6) is 0 Å². The third-order valence-electron chi connectivity index (χ3n) is 6.65. The van der Waals surface area contributed by atoms with Crippen molar-refractivity contribution in [1.29, 1.82) is 0 Å². The predicted octanol–water partition coefficient (Wildman–Crippen LogP) is 3.80. The molecule has 2 heterocycles. The second kappa shape index (κ2) is 8.21. The first-order chi connectivity index (χ1) is 13.8. The SMILES string of the molecule is C[C@@H]1CN(c2ncc3c(n2)CC(C)(C)C[C@H]3NC(=O)CC2CCCC2)C[C@H](C)O1. The van der Waals surface area contributed by atoms with Gasteiger partial charge in [0.25, 0.3) is 0 Å². The molecule has 1 N–H and O–H groups in total. The van der Waals surface area contributed by atoms with Gasteiger partial charge in [-0.3, -0.25) is 4.79 Å². The molecule has 1 saturated heterocycles. The first-order valence-corrected chi connectivity index (χ1v) is 11.3. The molecule has 0 radical (unpaired) electrons. The number of anilines is 1. The van der Waals surface area contributed by atoms with Crippen LogP contribution in [0, 0.1) is 11.3 Å². The number of fused-ring (bicyclic) bond motifs is 1. The minimum Gasteiger partial charge on any atom is -0.372 e. The number of carbonyl (C=O) groups excluding carboxylic acids is 1. The monoisotopic (exact) mass is 400 g/mol. The van der Waals surface area contributed by atoms with Gasteiger partial charge in [0.2, 0.25) is 11.9 Å². The Labute approximate surface area is 174 Å². The molecule has 3 aliphatic rings. The average Bonchev–Trinajstić information content (AvgIpc) is 3.12. The topological polar surface area (TPSA) is 67.4 Å². The molecule has 6 nitrogen and oxygen atoms in total. The first kappa shape index (κ1) is 20.6. The molecule has 0 spiro atoms. The third kappa shape index (κ3) is 4.90. The van der Waals surface area contributed by atoms with Crippen LogP contribution < -0.4 is 10.2 Å². The number of rotatable bonds is 4. The highest BCUT2D eigenvalue weighted by Gasteiger charge is 2.35. The average molecular weight is 401 g/mol. The summed E-state index contributed by atoms with van der Waals surface area (Å²) in [5, 5.41) is 3.32. The van der Waals surface area contributed by atoms with Crippen molar-refractivity contribution >= 4 is 11.9 Å². The number of morpholine rings is 1. The zero-order valence-corrected chi connectivity index (χ0v) is 18.4. The van der Waals surface area contributed by atoms with Crippen molar-refractivity contribution in [3.63, 3.8) is 0 Å².